The fourth-order valence-corrected chi connectivity index (χ4v) is 3.07. The van der Waals surface area contributed by atoms with Gasteiger partial charge in [-0.05, 0) is 38.3 Å². The SMILES string of the molecule is Cc1ccc(CC(=O)N2CCCC(n3ccnc3C)C2)cn1. The van der Waals surface area contributed by atoms with E-state index in [1.54, 1.807) is 6.20 Å². The van der Waals surface area contributed by atoms with Crippen molar-refractivity contribution in [2.24, 2.45) is 0 Å². The maximum Gasteiger partial charge on any atom is 0.227 e. The molecule has 0 aliphatic carbocycles. The number of aromatic nitrogens is 3. The van der Waals surface area contributed by atoms with Crippen molar-refractivity contribution in [3.8, 4) is 0 Å². The van der Waals surface area contributed by atoms with Gasteiger partial charge in [-0.15, -0.1) is 0 Å². The zero-order chi connectivity index (χ0) is 15.5. The molecule has 2 aromatic heterocycles. The number of nitrogens with zero attached hydrogens (tertiary/aromatic N) is 4. The summed E-state index contributed by atoms with van der Waals surface area (Å²) in [5, 5.41) is 0. The molecule has 1 fully saturated rings. The molecule has 0 radical (unpaired) electrons. The van der Waals surface area contributed by atoms with Gasteiger partial charge in [0.15, 0.2) is 0 Å². The minimum absolute atomic E-state index is 0.188. The number of carbonyl (C=O) groups excluding carboxylic acids is 1. The Morgan fingerprint density at radius 3 is 2.86 bits per heavy atom. The van der Waals surface area contributed by atoms with Crippen LogP contribution in [0.1, 0.15) is 36.0 Å². The third kappa shape index (κ3) is 3.18. The molecular formula is C17H22N4O. The molecule has 3 rings (SSSR count). The quantitative estimate of drug-likeness (QED) is 0.873. The standard InChI is InChI=1S/C17H22N4O/c1-13-5-6-15(11-19-13)10-17(22)20-8-3-4-16(12-20)21-9-7-18-14(21)2/h5-7,9,11,16H,3-4,8,10,12H2,1-2H3. The van der Waals surface area contributed by atoms with Crippen LogP contribution < -0.4 is 0 Å². The Hall–Kier alpha value is -2.17. The average Bonchev–Trinajstić information content (AvgIpc) is 2.96. The first-order chi connectivity index (χ1) is 10.6. The summed E-state index contributed by atoms with van der Waals surface area (Å²) in [7, 11) is 0. The molecule has 1 aliphatic rings. The van der Waals surface area contributed by atoms with E-state index in [-0.39, 0.29) is 5.91 Å². The molecule has 3 heterocycles. The number of hydrogen-bond donors (Lipinski definition) is 0. The largest absolute Gasteiger partial charge is 0.340 e. The molecule has 0 N–H and O–H groups in total. The van der Waals surface area contributed by atoms with Crippen molar-refractivity contribution in [1.29, 1.82) is 0 Å². The summed E-state index contributed by atoms with van der Waals surface area (Å²) in [6, 6.07) is 4.29. The number of piperidine rings is 1. The van der Waals surface area contributed by atoms with Crippen molar-refractivity contribution in [3.05, 3.63) is 47.8 Å². The maximum absolute atomic E-state index is 12.5. The van der Waals surface area contributed by atoms with E-state index in [9.17, 15) is 4.79 Å². The first kappa shape index (κ1) is 14.8. The highest BCUT2D eigenvalue weighted by Gasteiger charge is 2.25. The molecule has 2 aromatic rings. The van der Waals surface area contributed by atoms with E-state index in [2.05, 4.69) is 14.5 Å². The van der Waals surface area contributed by atoms with Crippen LogP contribution in [-0.2, 0) is 11.2 Å². The minimum Gasteiger partial charge on any atom is -0.340 e. The molecule has 0 bridgehead atoms. The number of pyridine rings is 1. The molecule has 22 heavy (non-hydrogen) atoms. The van der Waals surface area contributed by atoms with Gasteiger partial charge >= 0.3 is 0 Å². The van der Waals surface area contributed by atoms with Crippen LogP contribution in [0.2, 0.25) is 0 Å². The van der Waals surface area contributed by atoms with Gasteiger partial charge in [0.05, 0.1) is 12.5 Å². The third-order valence-electron chi connectivity index (χ3n) is 4.33. The fourth-order valence-electron chi connectivity index (χ4n) is 3.07. The van der Waals surface area contributed by atoms with Crippen molar-refractivity contribution in [2.75, 3.05) is 13.1 Å². The van der Waals surface area contributed by atoms with Gasteiger partial charge in [-0.25, -0.2) is 4.98 Å². The summed E-state index contributed by atoms with van der Waals surface area (Å²) in [4.78, 5) is 23.1. The molecule has 1 atom stereocenters. The molecule has 116 valence electrons. The first-order valence-electron chi connectivity index (χ1n) is 7.82. The van der Waals surface area contributed by atoms with Crippen molar-refractivity contribution < 1.29 is 4.79 Å². The van der Waals surface area contributed by atoms with Gasteiger partial charge in [0.25, 0.3) is 0 Å². The lowest BCUT2D eigenvalue weighted by atomic mass is 10.0. The summed E-state index contributed by atoms with van der Waals surface area (Å²) in [5.41, 5.74) is 1.96. The van der Waals surface area contributed by atoms with E-state index in [4.69, 9.17) is 0 Å². The topological polar surface area (TPSA) is 51.0 Å². The van der Waals surface area contributed by atoms with Crippen LogP contribution >= 0.6 is 0 Å². The van der Waals surface area contributed by atoms with Gasteiger partial charge < -0.3 is 9.47 Å². The van der Waals surface area contributed by atoms with Gasteiger partial charge in [0.2, 0.25) is 5.91 Å². The van der Waals surface area contributed by atoms with Crippen LogP contribution in [0.15, 0.2) is 30.7 Å². The molecule has 5 heteroatoms. The van der Waals surface area contributed by atoms with E-state index < -0.39 is 0 Å². The maximum atomic E-state index is 12.5. The molecule has 0 aromatic carbocycles. The molecule has 0 saturated carbocycles. The molecule has 0 spiro atoms. The number of amides is 1. The lowest BCUT2D eigenvalue weighted by molar-refractivity contribution is -0.132. The predicted octanol–water partition coefficient (Wildman–Crippen LogP) is 2.30. The van der Waals surface area contributed by atoms with Gasteiger partial charge in [-0.3, -0.25) is 9.78 Å². The van der Waals surface area contributed by atoms with Crippen LogP contribution in [0, 0.1) is 13.8 Å². The first-order valence-corrected chi connectivity index (χ1v) is 7.82. The summed E-state index contributed by atoms with van der Waals surface area (Å²) >= 11 is 0. The predicted molar refractivity (Wildman–Crippen MR) is 84.5 cm³/mol. The Balaban J connectivity index is 1.65. The molecule has 1 aliphatic heterocycles. The van der Waals surface area contributed by atoms with Crippen molar-refractivity contribution in [2.45, 2.75) is 39.2 Å². The van der Waals surface area contributed by atoms with Gasteiger partial charge in [0, 0.05) is 37.4 Å². The summed E-state index contributed by atoms with van der Waals surface area (Å²) in [5.74, 6) is 1.20. The number of aryl methyl sites for hydroxylation is 2. The summed E-state index contributed by atoms with van der Waals surface area (Å²) in [6.45, 7) is 5.59. The van der Waals surface area contributed by atoms with Crippen LogP contribution in [0.3, 0.4) is 0 Å². The van der Waals surface area contributed by atoms with Gasteiger partial charge in [0.1, 0.15) is 5.82 Å². The smallest absolute Gasteiger partial charge is 0.227 e. The van der Waals surface area contributed by atoms with E-state index in [1.807, 2.05) is 43.3 Å². The molecule has 1 unspecified atom stereocenters. The molecule has 5 nitrogen and oxygen atoms in total. The third-order valence-corrected chi connectivity index (χ3v) is 4.33. The minimum atomic E-state index is 0.188. The highest BCUT2D eigenvalue weighted by molar-refractivity contribution is 5.78. The highest BCUT2D eigenvalue weighted by Crippen LogP contribution is 2.23. The molecular weight excluding hydrogens is 276 g/mol. The van der Waals surface area contributed by atoms with Crippen molar-refractivity contribution in [3.63, 3.8) is 0 Å². The number of likely N-dealkylation sites (tertiary alicyclic amines) is 1. The summed E-state index contributed by atoms with van der Waals surface area (Å²) < 4.78 is 2.19. The molecule has 1 amide bonds. The second kappa shape index (κ2) is 6.30. The van der Waals surface area contributed by atoms with Crippen molar-refractivity contribution in [1.82, 2.24) is 19.4 Å². The van der Waals surface area contributed by atoms with Crippen LogP contribution in [0.4, 0.5) is 0 Å². The number of rotatable bonds is 3. The molecule has 1 saturated heterocycles. The van der Waals surface area contributed by atoms with E-state index in [1.165, 1.54) is 0 Å². The zero-order valence-corrected chi connectivity index (χ0v) is 13.2. The van der Waals surface area contributed by atoms with Gasteiger partial charge in [-0.2, -0.15) is 0 Å². The zero-order valence-electron chi connectivity index (χ0n) is 13.2. The summed E-state index contributed by atoms with van der Waals surface area (Å²) in [6.07, 6.45) is 8.22. The fraction of sp³-hybridized carbons (Fsp3) is 0.471. The number of imidazole rings is 1. The second-order valence-corrected chi connectivity index (χ2v) is 6.00. The van der Waals surface area contributed by atoms with Crippen LogP contribution in [-0.4, -0.2) is 38.4 Å². The lowest BCUT2D eigenvalue weighted by Crippen LogP contribution is -2.41. The van der Waals surface area contributed by atoms with Crippen LogP contribution in [0.5, 0.6) is 0 Å². The average molecular weight is 298 g/mol. The van der Waals surface area contributed by atoms with Crippen LogP contribution in [0.25, 0.3) is 0 Å². The number of carbonyl (C=O) groups is 1. The second-order valence-electron chi connectivity index (χ2n) is 6.00. The van der Waals surface area contributed by atoms with Crippen molar-refractivity contribution >= 4 is 5.91 Å². The van der Waals surface area contributed by atoms with Gasteiger partial charge in [-0.1, -0.05) is 6.07 Å². The highest BCUT2D eigenvalue weighted by atomic mass is 16.2. The Morgan fingerprint density at radius 1 is 1.32 bits per heavy atom. The Morgan fingerprint density at radius 2 is 2.18 bits per heavy atom. The van der Waals surface area contributed by atoms with E-state index >= 15 is 0 Å². The van der Waals surface area contributed by atoms with E-state index in [0.717, 1.165) is 43.0 Å². The monoisotopic (exact) mass is 298 g/mol. The lowest BCUT2D eigenvalue weighted by Gasteiger charge is -2.34. The Bertz CT molecular complexity index is 647. The number of hydrogen-bond acceptors (Lipinski definition) is 3. The Labute approximate surface area is 131 Å². The normalized spacial score (nSPS) is 18.5. The Kier molecular flexibility index (Phi) is 4.22. The van der Waals surface area contributed by atoms with E-state index in [0.29, 0.717) is 12.5 Å².